The fourth-order valence-corrected chi connectivity index (χ4v) is 3.45. The number of fused-ring (bicyclic) bond motifs is 2. The van der Waals surface area contributed by atoms with Crippen LogP contribution in [0.4, 0.5) is 11.4 Å². The van der Waals surface area contributed by atoms with Crippen molar-refractivity contribution in [3.05, 3.63) is 69.8 Å². The van der Waals surface area contributed by atoms with Crippen molar-refractivity contribution in [2.24, 2.45) is 0 Å². The molecular weight excluding hydrogens is 384 g/mol. The van der Waals surface area contributed by atoms with E-state index in [0.717, 1.165) is 16.3 Å². The van der Waals surface area contributed by atoms with Crippen LogP contribution in [0.5, 0.6) is 0 Å². The van der Waals surface area contributed by atoms with Crippen molar-refractivity contribution in [1.82, 2.24) is 0 Å². The van der Waals surface area contributed by atoms with Gasteiger partial charge in [-0.15, -0.1) is 0 Å². The Morgan fingerprint density at radius 2 is 1.60 bits per heavy atom. The highest BCUT2D eigenvalue weighted by Gasteiger charge is 2.17. The summed E-state index contributed by atoms with van der Waals surface area (Å²) in [7, 11) is 0. The first-order chi connectivity index (χ1) is 14.3. The third kappa shape index (κ3) is 3.69. The highest BCUT2D eigenvalue weighted by atomic mass is 16.4. The molecule has 0 radical (unpaired) electrons. The van der Waals surface area contributed by atoms with Gasteiger partial charge in [0, 0.05) is 35.1 Å². The number of aryl methyl sites for hydroxylation is 2. The Hall–Kier alpha value is -3.87. The van der Waals surface area contributed by atoms with Gasteiger partial charge in [-0.3, -0.25) is 9.59 Å². The molecular formula is C23H20N2O5. The van der Waals surface area contributed by atoms with Gasteiger partial charge in [0.1, 0.15) is 11.2 Å². The maximum Gasteiger partial charge on any atom is 0.340 e. The smallest absolute Gasteiger partial charge is 0.340 e. The number of hydrogen-bond donors (Lipinski definition) is 2. The molecule has 0 bridgehead atoms. The minimum atomic E-state index is -0.543. The molecule has 2 amide bonds. The SMILES string of the molecule is CC(=O)Nc1ccc(NC(=O)Cc2c(C)c3cc4c(C)coc4cc3oc2=O)cc1. The molecule has 2 N–H and O–H groups in total. The number of nitrogens with one attached hydrogen (secondary N) is 2. The molecule has 0 atom stereocenters. The van der Waals surface area contributed by atoms with Crippen LogP contribution in [0.2, 0.25) is 0 Å². The van der Waals surface area contributed by atoms with Crippen LogP contribution in [-0.2, 0) is 16.0 Å². The molecule has 7 nitrogen and oxygen atoms in total. The van der Waals surface area contributed by atoms with E-state index >= 15 is 0 Å². The molecule has 2 heterocycles. The number of furan rings is 1. The van der Waals surface area contributed by atoms with Crippen LogP contribution in [0.15, 0.2) is 56.3 Å². The van der Waals surface area contributed by atoms with Crippen LogP contribution in [0.1, 0.15) is 23.6 Å². The van der Waals surface area contributed by atoms with E-state index in [1.807, 2.05) is 19.9 Å². The van der Waals surface area contributed by atoms with E-state index in [0.29, 0.717) is 33.7 Å². The Morgan fingerprint density at radius 3 is 2.27 bits per heavy atom. The summed E-state index contributed by atoms with van der Waals surface area (Å²) in [5.41, 5.74) is 3.74. The Kier molecular flexibility index (Phi) is 4.87. The molecule has 30 heavy (non-hydrogen) atoms. The van der Waals surface area contributed by atoms with Gasteiger partial charge in [-0.2, -0.15) is 0 Å². The van der Waals surface area contributed by atoms with Gasteiger partial charge in [0.25, 0.3) is 0 Å². The summed E-state index contributed by atoms with van der Waals surface area (Å²) < 4.78 is 10.9. The zero-order valence-electron chi connectivity index (χ0n) is 16.8. The van der Waals surface area contributed by atoms with Crippen molar-refractivity contribution in [2.45, 2.75) is 27.2 Å². The minimum absolute atomic E-state index is 0.111. The van der Waals surface area contributed by atoms with Crippen molar-refractivity contribution in [1.29, 1.82) is 0 Å². The molecule has 4 aromatic rings. The predicted molar refractivity (Wildman–Crippen MR) is 115 cm³/mol. The van der Waals surface area contributed by atoms with Crippen molar-refractivity contribution < 1.29 is 18.4 Å². The molecule has 0 saturated heterocycles. The summed E-state index contributed by atoms with van der Waals surface area (Å²) in [6.45, 7) is 5.18. The van der Waals surface area contributed by atoms with Gasteiger partial charge < -0.3 is 19.5 Å². The predicted octanol–water partition coefficient (Wildman–Crippen LogP) is 4.30. The number of hydrogen-bond acceptors (Lipinski definition) is 5. The molecule has 0 spiro atoms. The minimum Gasteiger partial charge on any atom is -0.464 e. The first kappa shape index (κ1) is 19.4. The zero-order chi connectivity index (χ0) is 21.4. The first-order valence-electron chi connectivity index (χ1n) is 9.43. The second kappa shape index (κ2) is 7.51. The largest absolute Gasteiger partial charge is 0.464 e. The third-order valence-electron chi connectivity index (χ3n) is 5.00. The van der Waals surface area contributed by atoms with Gasteiger partial charge >= 0.3 is 5.63 Å². The molecule has 2 aromatic carbocycles. The number of benzene rings is 2. The molecule has 0 aliphatic heterocycles. The highest BCUT2D eigenvalue weighted by Crippen LogP contribution is 2.29. The molecule has 2 aromatic heterocycles. The number of rotatable bonds is 4. The Bertz CT molecular complexity index is 1350. The fourth-order valence-electron chi connectivity index (χ4n) is 3.45. The zero-order valence-corrected chi connectivity index (χ0v) is 16.8. The standard InChI is InChI=1S/C23H20N2O5/c1-12-11-29-20-10-21-18(8-17(12)20)13(2)19(23(28)30-21)9-22(27)25-16-6-4-15(5-7-16)24-14(3)26/h4-8,10-11H,9H2,1-3H3,(H,24,26)(H,25,27). The molecule has 7 heteroatoms. The fraction of sp³-hybridized carbons (Fsp3) is 0.174. The van der Waals surface area contributed by atoms with Gasteiger partial charge in [0.2, 0.25) is 11.8 Å². The van der Waals surface area contributed by atoms with E-state index in [2.05, 4.69) is 10.6 Å². The number of carbonyl (C=O) groups excluding carboxylic acids is 2. The molecule has 0 aliphatic rings. The number of anilines is 2. The Balaban J connectivity index is 1.60. The normalized spacial score (nSPS) is 11.0. The third-order valence-corrected chi connectivity index (χ3v) is 5.00. The van der Waals surface area contributed by atoms with Crippen molar-refractivity contribution in [3.63, 3.8) is 0 Å². The average molecular weight is 404 g/mol. The second-order valence-corrected chi connectivity index (χ2v) is 7.24. The Labute approximate surface area is 171 Å². The summed E-state index contributed by atoms with van der Waals surface area (Å²) in [5, 5.41) is 7.13. The van der Waals surface area contributed by atoms with Crippen LogP contribution in [0.25, 0.3) is 21.9 Å². The van der Waals surface area contributed by atoms with Crippen molar-refractivity contribution in [2.75, 3.05) is 10.6 Å². The van der Waals surface area contributed by atoms with Gasteiger partial charge in [-0.05, 0) is 55.3 Å². The lowest BCUT2D eigenvalue weighted by molar-refractivity contribution is -0.116. The summed E-state index contributed by atoms with van der Waals surface area (Å²) >= 11 is 0. The van der Waals surface area contributed by atoms with E-state index in [4.69, 9.17) is 8.83 Å². The van der Waals surface area contributed by atoms with Crippen LogP contribution in [-0.4, -0.2) is 11.8 Å². The maximum absolute atomic E-state index is 12.5. The topological polar surface area (TPSA) is 102 Å². The number of carbonyl (C=O) groups is 2. The highest BCUT2D eigenvalue weighted by molar-refractivity contribution is 5.98. The summed E-state index contributed by atoms with van der Waals surface area (Å²) in [6.07, 6.45) is 1.54. The average Bonchev–Trinajstić information content (AvgIpc) is 3.05. The van der Waals surface area contributed by atoms with Crippen molar-refractivity contribution >= 4 is 45.1 Å². The Morgan fingerprint density at radius 1 is 0.933 bits per heavy atom. The van der Waals surface area contributed by atoms with E-state index in [-0.39, 0.29) is 18.2 Å². The maximum atomic E-state index is 12.5. The molecule has 0 saturated carbocycles. The van der Waals surface area contributed by atoms with E-state index in [1.165, 1.54) is 6.92 Å². The van der Waals surface area contributed by atoms with Crippen LogP contribution >= 0.6 is 0 Å². The van der Waals surface area contributed by atoms with Crippen LogP contribution in [0, 0.1) is 13.8 Å². The van der Waals surface area contributed by atoms with E-state index < -0.39 is 5.63 Å². The van der Waals surface area contributed by atoms with Gasteiger partial charge in [0.05, 0.1) is 18.2 Å². The van der Waals surface area contributed by atoms with Crippen LogP contribution < -0.4 is 16.3 Å². The lowest BCUT2D eigenvalue weighted by Gasteiger charge is -2.09. The summed E-state index contributed by atoms with van der Waals surface area (Å²) in [4.78, 5) is 36.1. The van der Waals surface area contributed by atoms with Gasteiger partial charge in [-0.25, -0.2) is 4.79 Å². The summed E-state index contributed by atoms with van der Waals surface area (Å²) in [5.74, 6) is -0.509. The lowest BCUT2D eigenvalue weighted by Crippen LogP contribution is -2.20. The van der Waals surface area contributed by atoms with E-state index in [9.17, 15) is 14.4 Å². The monoisotopic (exact) mass is 404 g/mol. The molecule has 0 aliphatic carbocycles. The lowest BCUT2D eigenvalue weighted by atomic mass is 10.0. The van der Waals surface area contributed by atoms with Crippen molar-refractivity contribution in [3.8, 4) is 0 Å². The molecule has 0 unspecified atom stereocenters. The first-order valence-corrected chi connectivity index (χ1v) is 9.43. The quantitative estimate of drug-likeness (QED) is 0.494. The number of amides is 2. The van der Waals surface area contributed by atoms with Gasteiger partial charge in [-0.1, -0.05) is 0 Å². The van der Waals surface area contributed by atoms with Gasteiger partial charge in [0.15, 0.2) is 0 Å². The van der Waals surface area contributed by atoms with E-state index in [1.54, 1.807) is 36.6 Å². The molecule has 152 valence electrons. The molecule has 0 fully saturated rings. The van der Waals surface area contributed by atoms with Crippen LogP contribution in [0.3, 0.4) is 0 Å². The summed E-state index contributed by atoms with van der Waals surface area (Å²) in [6, 6.07) is 10.3. The second-order valence-electron chi connectivity index (χ2n) is 7.24. The molecule has 4 rings (SSSR count).